The van der Waals surface area contributed by atoms with Crippen molar-refractivity contribution in [3.63, 3.8) is 0 Å². The van der Waals surface area contributed by atoms with Crippen LogP contribution in [0.2, 0.25) is 0 Å². The fourth-order valence-electron chi connectivity index (χ4n) is 2.90. The Bertz CT molecular complexity index is 565. The van der Waals surface area contributed by atoms with Gasteiger partial charge in [0.1, 0.15) is 11.9 Å². The fourth-order valence-corrected chi connectivity index (χ4v) is 2.90. The van der Waals surface area contributed by atoms with E-state index in [9.17, 15) is 10.1 Å². The second kappa shape index (κ2) is 6.13. The molecule has 0 N–H and O–H groups in total. The van der Waals surface area contributed by atoms with E-state index < -0.39 is 5.41 Å². The normalized spacial score (nSPS) is 21.4. The molecule has 0 aromatic carbocycles. The number of esters is 1. The summed E-state index contributed by atoms with van der Waals surface area (Å²) in [5.41, 5.74) is 0.0289. The molecule has 1 aromatic rings. The average molecular weight is 287 g/mol. The number of aromatic nitrogens is 1. The molecule has 1 aromatic heterocycles. The molecule has 0 spiro atoms. The first-order valence-corrected chi connectivity index (χ1v) is 7.32. The van der Waals surface area contributed by atoms with Crippen LogP contribution in [-0.4, -0.2) is 30.6 Å². The number of rotatable bonds is 4. The van der Waals surface area contributed by atoms with E-state index >= 15 is 0 Å². The van der Waals surface area contributed by atoms with Gasteiger partial charge in [0, 0.05) is 19.3 Å². The first kappa shape index (κ1) is 15.3. The largest absolute Gasteiger partial charge is 0.466 e. The second-order valence-corrected chi connectivity index (χ2v) is 5.69. The Morgan fingerprint density at radius 3 is 3.00 bits per heavy atom. The van der Waals surface area contributed by atoms with Crippen LogP contribution in [0.3, 0.4) is 0 Å². The number of nitriles is 1. The van der Waals surface area contributed by atoms with Gasteiger partial charge in [0.25, 0.3) is 0 Å². The maximum absolute atomic E-state index is 12.4. The lowest BCUT2D eigenvalue weighted by Gasteiger charge is -2.31. The molecule has 1 atom stereocenters. The lowest BCUT2D eigenvalue weighted by molar-refractivity contribution is -0.156. The van der Waals surface area contributed by atoms with Crippen molar-refractivity contribution in [2.45, 2.75) is 27.2 Å². The van der Waals surface area contributed by atoms with E-state index in [0.717, 1.165) is 6.42 Å². The van der Waals surface area contributed by atoms with Crippen molar-refractivity contribution in [2.75, 3.05) is 24.6 Å². The van der Waals surface area contributed by atoms with Crippen LogP contribution in [0.5, 0.6) is 0 Å². The molecule has 0 radical (unpaired) electrons. The van der Waals surface area contributed by atoms with E-state index in [1.54, 1.807) is 18.3 Å². The second-order valence-electron chi connectivity index (χ2n) is 5.69. The number of carbonyl (C=O) groups is 1. The van der Waals surface area contributed by atoms with E-state index in [1.807, 2.05) is 25.7 Å². The highest BCUT2D eigenvalue weighted by Gasteiger charge is 2.48. The molecule has 2 rings (SSSR count). The Hall–Kier alpha value is -2.09. The van der Waals surface area contributed by atoms with Gasteiger partial charge in [0.2, 0.25) is 0 Å². The van der Waals surface area contributed by atoms with Crippen LogP contribution in [0.25, 0.3) is 0 Å². The summed E-state index contributed by atoms with van der Waals surface area (Å²) in [6.45, 7) is 7.57. The summed E-state index contributed by atoms with van der Waals surface area (Å²) in [6.07, 6.45) is 2.40. The van der Waals surface area contributed by atoms with Gasteiger partial charge in [-0.15, -0.1) is 0 Å². The third kappa shape index (κ3) is 2.71. The van der Waals surface area contributed by atoms with Crippen molar-refractivity contribution in [1.29, 1.82) is 5.26 Å². The molecule has 5 nitrogen and oxygen atoms in total. The molecule has 1 aliphatic rings. The Labute approximate surface area is 125 Å². The van der Waals surface area contributed by atoms with Crippen LogP contribution >= 0.6 is 0 Å². The summed E-state index contributed by atoms with van der Waals surface area (Å²) in [5, 5.41) is 9.20. The molecule has 1 saturated heterocycles. The first-order chi connectivity index (χ1) is 10.0. The number of anilines is 1. The summed E-state index contributed by atoms with van der Waals surface area (Å²) >= 11 is 0. The van der Waals surface area contributed by atoms with Crippen LogP contribution in [-0.2, 0) is 9.53 Å². The van der Waals surface area contributed by atoms with E-state index in [1.165, 1.54) is 0 Å². The van der Waals surface area contributed by atoms with Crippen molar-refractivity contribution in [3.8, 4) is 6.07 Å². The topological polar surface area (TPSA) is 66.2 Å². The zero-order valence-corrected chi connectivity index (χ0v) is 12.8. The average Bonchev–Trinajstić information content (AvgIpc) is 2.94. The summed E-state index contributed by atoms with van der Waals surface area (Å²) < 4.78 is 5.28. The number of hydrogen-bond acceptors (Lipinski definition) is 5. The lowest BCUT2D eigenvalue weighted by Crippen LogP contribution is -2.41. The first-order valence-electron chi connectivity index (χ1n) is 7.32. The highest BCUT2D eigenvalue weighted by atomic mass is 16.5. The van der Waals surface area contributed by atoms with Gasteiger partial charge in [-0.3, -0.25) is 4.79 Å². The Morgan fingerprint density at radius 1 is 1.62 bits per heavy atom. The minimum Gasteiger partial charge on any atom is -0.466 e. The molecule has 0 amide bonds. The molecule has 2 heterocycles. The zero-order chi connectivity index (χ0) is 15.5. The molecule has 1 aliphatic heterocycles. The molecule has 112 valence electrons. The third-order valence-corrected chi connectivity index (χ3v) is 4.29. The summed E-state index contributed by atoms with van der Waals surface area (Å²) in [5.74, 6) is 0.694. The minimum absolute atomic E-state index is 0.142. The molecule has 21 heavy (non-hydrogen) atoms. The Balaban J connectivity index is 2.29. The lowest BCUT2D eigenvalue weighted by atomic mass is 9.76. The van der Waals surface area contributed by atoms with Crippen molar-refractivity contribution in [1.82, 2.24) is 4.98 Å². The molecular weight excluding hydrogens is 266 g/mol. The molecule has 0 aliphatic carbocycles. The van der Waals surface area contributed by atoms with Crippen LogP contribution in [0, 0.1) is 22.7 Å². The minimum atomic E-state index is -0.514. The van der Waals surface area contributed by atoms with Crippen molar-refractivity contribution < 1.29 is 9.53 Å². The monoisotopic (exact) mass is 287 g/mol. The molecule has 0 saturated carbocycles. The maximum atomic E-state index is 12.4. The molecule has 5 heteroatoms. The van der Waals surface area contributed by atoms with Crippen LogP contribution in [0.1, 0.15) is 32.8 Å². The van der Waals surface area contributed by atoms with Gasteiger partial charge >= 0.3 is 5.97 Å². The summed E-state index contributed by atoms with van der Waals surface area (Å²) in [4.78, 5) is 18.7. The van der Waals surface area contributed by atoms with Gasteiger partial charge < -0.3 is 9.64 Å². The van der Waals surface area contributed by atoms with E-state index in [2.05, 4.69) is 11.1 Å². The smallest absolute Gasteiger partial charge is 0.314 e. The van der Waals surface area contributed by atoms with Crippen LogP contribution < -0.4 is 4.90 Å². The number of carbonyl (C=O) groups excluding carboxylic acids is 1. The van der Waals surface area contributed by atoms with Gasteiger partial charge in [0.15, 0.2) is 0 Å². The number of hydrogen-bond donors (Lipinski definition) is 0. The molecule has 0 bridgehead atoms. The van der Waals surface area contributed by atoms with E-state index in [-0.39, 0.29) is 11.9 Å². The van der Waals surface area contributed by atoms with Gasteiger partial charge in [0.05, 0.1) is 17.6 Å². The molecule has 1 fully saturated rings. The van der Waals surface area contributed by atoms with E-state index in [4.69, 9.17) is 4.74 Å². The third-order valence-electron chi connectivity index (χ3n) is 4.29. The van der Waals surface area contributed by atoms with Gasteiger partial charge in [-0.25, -0.2) is 4.98 Å². The number of ether oxygens (including phenoxy) is 1. The van der Waals surface area contributed by atoms with Gasteiger partial charge in [-0.05, 0) is 31.4 Å². The highest BCUT2D eigenvalue weighted by molar-refractivity contribution is 5.79. The highest BCUT2D eigenvalue weighted by Crippen LogP contribution is 2.41. The Kier molecular flexibility index (Phi) is 4.46. The van der Waals surface area contributed by atoms with Crippen LogP contribution in [0.15, 0.2) is 18.3 Å². The van der Waals surface area contributed by atoms with E-state index in [0.29, 0.717) is 31.1 Å². The van der Waals surface area contributed by atoms with Crippen LogP contribution in [0.4, 0.5) is 5.82 Å². The van der Waals surface area contributed by atoms with Crippen molar-refractivity contribution in [2.24, 2.45) is 11.3 Å². The number of pyridine rings is 1. The van der Waals surface area contributed by atoms with Gasteiger partial charge in [-0.1, -0.05) is 13.8 Å². The Morgan fingerprint density at radius 2 is 2.38 bits per heavy atom. The quantitative estimate of drug-likeness (QED) is 0.795. The predicted octanol–water partition coefficient (Wildman–Crippen LogP) is 2.37. The number of nitrogens with zero attached hydrogens (tertiary/aromatic N) is 3. The molecule has 1 unspecified atom stereocenters. The standard InChI is InChI=1S/C16H21N3O2/c1-4-21-15(20)16(12(2)3)7-9-19(11-16)14-13(10-17)6-5-8-18-14/h5-6,8,12H,4,7,9,11H2,1-3H3. The predicted molar refractivity (Wildman–Crippen MR) is 79.7 cm³/mol. The summed E-state index contributed by atoms with van der Waals surface area (Å²) in [6, 6.07) is 5.66. The zero-order valence-electron chi connectivity index (χ0n) is 12.8. The maximum Gasteiger partial charge on any atom is 0.314 e. The van der Waals surface area contributed by atoms with Crippen molar-refractivity contribution in [3.05, 3.63) is 23.9 Å². The summed E-state index contributed by atoms with van der Waals surface area (Å²) in [7, 11) is 0. The fraction of sp³-hybridized carbons (Fsp3) is 0.562. The van der Waals surface area contributed by atoms with Crippen molar-refractivity contribution >= 4 is 11.8 Å². The molecular formula is C16H21N3O2. The van der Waals surface area contributed by atoms with Gasteiger partial charge in [-0.2, -0.15) is 5.26 Å². The SMILES string of the molecule is CCOC(=O)C1(C(C)C)CCN(c2ncccc2C#N)C1.